The lowest BCUT2D eigenvalue weighted by Gasteiger charge is -2.24. The first-order chi connectivity index (χ1) is 11.0. The van der Waals surface area contributed by atoms with Crippen LogP contribution in [-0.2, 0) is 6.18 Å². The lowest BCUT2D eigenvalue weighted by molar-refractivity contribution is -0.137. The normalized spacial score (nSPS) is 12.2. The van der Waals surface area contributed by atoms with Crippen molar-refractivity contribution in [3.63, 3.8) is 0 Å². The molecule has 0 saturated heterocycles. The summed E-state index contributed by atoms with van der Waals surface area (Å²) in [6, 6.07) is 5.02. The second-order valence-electron chi connectivity index (χ2n) is 6.14. The first-order valence-corrected chi connectivity index (χ1v) is 7.10. The van der Waals surface area contributed by atoms with Crippen LogP contribution in [0.25, 0.3) is 0 Å². The molecule has 1 aromatic carbocycles. The number of halogens is 4. The van der Waals surface area contributed by atoms with Gasteiger partial charge in [0.15, 0.2) is 5.82 Å². The molecule has 1 aromatic heterocycles. The number of aromatic nitrogens is 2. The summed E-state index contributed by atoms with van der Waals surface area (Å²) in [5.74, 6) is -0.976. The molecular formula is C16H17F4N3O. The van der Waals surface area contributed by atoms with E-state index in [1.165, 1.54) is 25.2 Å². The summed E-state index contributed by atoms with van der Waals surface area (Å²) in [5.41, 5.74) is -1.48. The number of rotatable bonds is 3. The van der Waals surface area contributed by atoms with E-state index in [0.29, 0.717) is 6.20 Å². The summed E-state index contributed by atoms with van der Waals surface area (Å²) in [7, 11) is 1.37. The molecule has 4 nitrogen and oxygen atoms in total. The molecule has 0 amide bonds. The molecule has 0 N–H and O–H groups in total. The zero-order valence-corrected chi connectivity index (χ0v) is 13.6. The third-order valence-electron chi connectivity index (χ3n) is 2.96. The van der Waals surface area contributed by atoms with Gasteiger partial charge in [0.05, 0.1) is 0 Å². The summed E-state index contributed by atoms with van der Waals surface area (Å²) >= 11 is 0. The zero-order chi connectivity index (χ0) is 18.1. The predicted molar refractivity (Wildman–Crippen MR) is 81.9 cm³/mol. The van der Waals surface area contributed by atoms with Crippen LogP contribution in [0.1, 0.15) is 26.3 Å². The largest absolute Gasteiger partial charge is 0.458 e. The van der Waals surface area contributed by atoms with Gasteiger partial charge in [-0.3, -0.25) is 0 Å². The van der Waals surface area contributed by atoms with E-state index in [1.54, 1.807) is 20.8 Å². The number of hydrogen-bond acceptors (Lipinski definition) is 4. The van der Waals surface area contributed by atoms with Crippen LogP contribution in [0.2, 0.25) is 0 Å². The summed E-state index contributed by atoms with van der Waals surface area (Å²) in [6.07, 6.45) is -3.99. The number of hydrogen-bond donors (Lipinski definition) is 0. The predicted octanol–water partition coefficient (Wildman–Crippen LogP) is 4.58. The van der Waals surface area contributed by atoms with Crippen LogP contribution in [0.5, 0.6) is 6.01 Å². The minimum Gasteiger partial charge on any atom is -0.458 e. The highest BCUT2D eigenvalue weighted by atomic mass is 19.4. The molecular weight excluding hydrogens is 326 g/mol. The second kappa shape index (κ2) is 6.26. The summed E-state index contributed by atoms with van der Waals surface area (Å²) in [4.78, 5) is 8.65. The number of ether oxygens (including phenoxy) is 1. The molecule has 8 heteroatoms. The highest BCUT2D eigenvalue weighted by Crippen LogP contribution is 2.38. The van der Waals surface area contributed by atoms with Crippen LogP contribution in [-0.4, -0.2) is 22.6 Å². The van der Waals surface area contributed by atoms with E-state index >= 15 is 0 Å². The Morgan fingerprint density at radius 3 is 2.33 bits per heavy atom. The first kappa shape index (κ1) is 18.0. The molecule has 0 aliphatic carbocycles. The van der Waals surface area contributed by atoms with Gasteiger partial charge < -0.3 is 9.64 Å². The summed E-state index contributed by atoms with van der Waals surface area (Å²) in [5, 5.41) is 0. The van der Waals surface area contributed by atoms with Gasteiger partial charge in [0.25, 0.3) is 0 Å². The van der Waals surface area contributed by atoms with Crippen LogP contribution in [0.3, 0.4) is 0 Å². The van der Waals surface area contributed by atoms with E-state index in [2.05, 4.69) is 9.97 Å². The summed E-state index contributed by atoms with van der Waals surface area (Å²) in [6.45, 7) is 5.18. The fourth-order valence-electron chi connectivity index (χ4n) is 1.94. The van der Waals surface area contributed by atoms with Gasteiger partial charge in [0, 0.05) is 18.9 Å². The molecule has 130 valence electrons. The number of anilines is 2. The Kier molecular flexibility index (Phi) is 4.68. The van der Waals surface area contributed by atoms with Crippen molar-refractivity contribution in [2.24, 2.45) is 0 Å². The molecule has 0 spiro atoms. The molecule has 0 bridgehead atoms. The van der Waals surface area contributed by atoms with E-state index in [-0.39, 0.29) is 11.7 Å². The van der Waals surface area contributed by atoms with Crippen molar-refractivity contribution in [1.29, 1.82) is 0 Å². The smallest absolute Gasteiger partial charge is 0.421 e. The number of alkyl halides is 3. The molecule has 0 atom stereocenters. The molecule has 2 aromatic rings. The van der Waals surface area contributed by atoms with E-state index in [0.717, 1.165) is 11.0 Å². The molecule has 0 aliphatic rings. The maximum absolute atomic E-state index is 13.4. The molecule has 0 aliphatic heterocycles. The highest BCUT2D eigenvalue weighted by Gasteiger charge is 2.37. The third kappa shape index (κ3) is 4.33. The van der Waals surface area contributed by atoms with Crippen molar-refractivity contribution < 1.29 is 22.3 Å². The maximum atomic E-state index is 13.4. The zero-order valence-electron chi connectivity index (χ0n) is 13.6. The van der Waals surface area contributed by atoms with E-state index in [9.17, 15) is 17.6 Å². The average molecular weight is 343 g/mol. The van der Waals surface area contributed by atoms with Gasteiger partial charge in [-0.05, 0) is 39.0 Å². The fraction of sp³-hybridized carbons (Fsp3) is 0.375. The Morgan fingerprint density at radius 1 is 1.12 bits per heavy atom. The van der Waals surface area contributed by atoms with Crippen LogP contribution in [0, 0.1) is 5.82 Å². The standard InChI is InChI=1S/C16H17F4N3O/c1-15(2,3)24-14-21-9-12(16(18,19)20)13(22-14)23(4)11-7-5-6-10(17)8-11/h5-9H,1-4H3. The van der Waals surface area contributed by atoms with Crippen LogP contribution >= 0.6 is 0 Å². The van der Waals surface area contributed by atoms with Gasteiger partial charge in [-0.15, -0.1) is 0 Å². The third-order valence-corrected chi connectivity index (χ3v) is 2.96. The van der Waals surface area contributed by atoms with Crippen LogP contribution < -0.4 is 9.64 Å². The number of benzene rings is 1. The van der Waals surface area contributed by atoms with Crippen molar-refractivity contribution in [3.05, 3.63) is 41.8 Å². The van der Waals surface area contributed by atoms with Crippen LogP contribution in [0.4, 0.5) is 29.1 Å². The lowest BCUT2D eigenvalue weighted by atomic mass is 10.2. The lowest BCUT2D eigenvalue weighted by Crippen LogP contribution is -2.26. The topological polar surface area (TPSA) is 38.2 Å². The molecule has 0 saturated carbocycles. The van der Waals surface area contributed by atoms with Gasteiger partial charge in [-0.1, -0.05) is 6.07 Å². The Morgan fingerprint density at radius 2 is 1.79 bits per heavy atom. The van der Waals surface area contributed by atoms with E-state index in [4.69, 9.17) is 4.74 Å². The molecule has 0 radical (unpaired) electrons. The Labute approximate surface area is 137 Å². The van der Waals surface area contributed by atoms with Gasteiger partial charge >= 0.3 is 12.2 Å². The van der Waals surface area contributed by atoms with Gasteiger partial charge in [0.2, 0.25) is 0 Å². The number of nitrogens with zero attached hydrogens (tertiary/aromatic N) is 3. The minimum atomic E-state index is -4.66. The van der Waals surface area contributed by atoms with Crippen LogP contribution in [0.15, 0.2) is 30.5 Å². The maximum Gasteiger partial charge on any atom is 0.421 e. The molecule has 0 fully saturated rings. The molecule has 0 unspecified atom stereocenters. The van der Waals surface area contributed by atoms with Crippen molar-refractivity contribution in [2.45, 2.75) is 32.5 Å². The monoisotopic (exact) mass is 343 g/mol. The Balaban J connectivity index is 2.53. The van der Waals surface area contributed by atoms with Crippen molar-refractivity contribution in [3.8, 4) is 6.01 Å². The Hall–Kier alpha value is -2.38. The van der Waals surface area contributed by atoms with Gasteiger partial charge in [-0.2, -0.15) is 18.2 Å². The highest BCUT2D eigenvalue weighted by molar-refractivity contribution is 5.62. The van der Waals surface area contributed by atoms with E-state index < -0.39 is 29.0 Å². The first-order valence-electron chi connectivity index (χ1n) is 7.10. The fourth-order valence-corrected chi connectivity index (χ4v) is 1.94. The molecule has 2 rings (SSSR count). The average Bonchev–Trinajstić information content (AvgIpc) is 2.43. The van der Waals surface area contributed by atoms with E-state index in [1.807, 2.05) is 0 Å². The van der Waals surface area contributed by atoms with Crippen molar-refractivity contribution in [1.82, 2.24) is 9.97 Å². The second-order valence-corrected chi connectivity index (χ2v) is 6.14. The van der Waals surface area contributed by atoms with Crippen molar-refractivity contribution in [2.75, 3.05) is 11.9 Å². The van der Waals surface area contributed by atoms with Crippen molar-refractivity contribution >= 4 is 11.5 Å². The quantitative estimate of drug-likeness (QED) is 0.765. The summed E-state index contributed by atoms with van der Waals surface area (Å²) < 4.78 is 58.6. The minimum absolute atomic E-state index is 0.186. The molecule has 24 heavy (non-hydrogen) atoms. The SMILES string of the molecule is CN(c1cccc(F)c1)c1nc(OC(C)(C)C)ncc1C(F)(F)F. The van der Waals surface area contributed by atoms with Gasteiger partial charge in [0.1, 0.15) is 17.0 Å². The molecule has 1 heterocycles. The Bertz CT molecular complexity index is 726. The van der Waals surface area contributed by atoms with Gasteiger partial charge in [-0.25, -0.2) is 9.37 Å².